The lowest BCUT2D eigenvalue weighted by atomic mass is 10.2. The number of aromatic nitrogens is 1. The summed E-state index contributed by atoms with van der Waals surface area (Å²) in [5.41, 5.74) is 2.18. The monoisotopic (exact) mass is 308 g/mol. The molecule has 0 atom stereocenters. The van der Waals surface area contributed by atoms with Crippen molar-refractivity contribution in [3.8, 4) is 0 Å². The largest absolute Gasteiger partial charge is 0.380 e. The van der Waals surface area contributed by atoms with E-state index in [-0.39, 0.29) is 0 Å². The van der Waals surface area contributed by atoms with Crippen molar-refractivity contribution in [3.05, 3.63) is 34.9 Å². The van der Waals surface area contributed by atoms with Crippen molar-refractivity contribution in [2.75, 3.05) is 31.7 Å². The summed E-state index contributed by atoms with van der Waals surface area (Å²) >= 11 is 3.54. The van der Waals surface area contributed by atoms with Gasteiger partial charge < -0.3 is 9.64 Å². The van der Waals surface area contributed by atoms with Crippen LogP contribution in [0, 0.1) is 0 Å². The van der Waals surface area contributed by atoms with Gasteiger partial charge in [0.15, 0.2) is 0 Å². The molecule has 0 saturated heterocycles. The number of anilines is 1. The first kappa shape index (κ1) is 13.3. The Balaban J connectivity index is 2.30. The van der Waals surface area contributed by atoms with Crippen molar-refractivity contribution >= 4 is 32.5 Å². The number of nitrogens with zero attached hydrogens (tertiary/aromatic N) is 2. The molecule has 4 heteroatoms. The third-order valence-corrected chi connectivity index (χ3v) is 3.53. The van der Waals surface area contributed by atoms with Crippen molar-refractivity contribution in [2.24, 2.45) is 0 Å². The summed E-state index contributed by atoms with van der Waals surface area (Å²) in [6, 6.07) is 8.19. The molecule has 0 bridgehead atoms. The van der Waals surface area contributed by atoms with E-state index in [4.69, 9.17) is 4.74 Å². The summed E-state index contributed by atoms with van der Waals surface area (Å²) in [6.45, 7) is 4.39. The summed E-state index contributed by atoms with van der Waals surface area (Å²) < 4.78 is 6.42. The number of halogens is 1. The molecule has 0 spiro atoms. The van der Waals surface area contributed by atoms with E-state index in [0.717, 1.165) is 35.1 Å². The maximum atomic E-state index is 5.39. The first-order valence-electron chi connectivity index (χ1n) is 6.06. The topological polar surface area (TPSA) is 25.4 Å². The van der Waals surface area contributed by atoms with Crippen molar-refractivity contribution in [1.82, 2.24) is 4.98 Å². The summed E-state index contributed by atoms with van der Waals surface area (Å²) in [5, 5.41) is 1.16. The molecule has 2 aromatic rings. The van der Waals surface area contributed by atoms with Gasteiger partial charge in [-0.15, -0.1) is 0 Å². The molecule has 0 saturated carbocycles. The normalized spacial score (nSPS) is 10.8. The Morgan fingerprint density at radius 1 is 1.33 bits per heavy atom. The van der Waals surface area contributed by atoms with E-state index in [0.29, 0.717) is 0 Å². The van der Waals surface area contributed by atoms with Gasteiger partial charge in [0.2, 0.25) is 0 Å². The number of hydrogen-bond acceptors (Lipinski definition) is 3. The highest BCUT2D eigenvalue weighted by atomic mass is 79.9. The second kappa shape index (κ2) is 6.16. The van der Waals surface area contributed by atoms with Gasteiger partial charge in [-0.3, -0.25) is 4.98 Å². The number of rotatable bonds is 5. The van der Waals surface area contributed by atoms with Crippen LogP contribution in [0.5, 0.6) is 0 Å². The highest BCUT2D eigenvalue weighted by molar-refractivity contribution is 9.10. The van der Waals surface area contributed by atoms with E-state index in [1.54, 1.807) is 0 Å². The van der Waals surface area contributed by atoms with Crippen LogP contribution in [-0.2, 0) is 4.74 Å². The molecule has 1 aromatic heterocycles. The molecular weight excluding hydrogens is 292 g/mol. The average molecular weight is 309 g/mol. The number of hydrogen-bond donors (Lipinski definition) is 0. The Kier molecular flexibility index (Phi) is 4.55. The first-order chi connectivity index (χ1) is 8.74. The van der Waals surface area contributed by atoms with E-state index in [1.807, 2.05) is 31.3 Å². The Morgan fingerprint density at radius 2 is 2.17 bits per heavy atom. The van der Waals surface area contributed by atoms with Crippen LogP contribution in [0.25, 0.3) is 10.9 Å². The van der Waals surface area contributed by atoms with E-state index < -0.39 is 0 Å². The maximum Gasteiger partial charge on any atom is 0.0864 e. The van der Waals surface area contributed by atoms with Gasteiger partial charge in [0, 0.05) is 41.9 Å². The van der Waals surface area contributed by atoms with Gasteiger partial charge in [-0.25, -0.2) is 0 Å². The van der Waals surface area contributed by atoms with E-state index in [9.17, 15) is 0 Å². The van der Waals surface area contributed by atoms with Crippen LogP contribution in [-0.4, -0.2) is 31.8 Å². The number of ether oxygens (including phenoxy) is 1. The number of fused-ring (bicyclic) bond motifs is 1. The fourth-order valence-corrected chi connectivity index (χ4v) is 2.39. The molecule has 0 amide bonds. The predicted octanol–water partition coefficient (Wildman–Crippen LogP) is 3.47. The summed E-state index contributed by atoms with van der Waals surface area (Å²) in [5.74, 6) is 0. The molecular formula is C14H17BrN2O. The molecule has 0 aliphatic carbocycles. The van der Waals surface area contributed by atoms with E-state index in [2.05, 4.69) is 38.9 Å². The lowest BCUT2D eigenvalue weighted by molar-refractivity contribution is 0.154. The average Bonchev–Trinajstić information content (AvgIpc) is 2.39. The summed E-state index contributed by atoms with van der Waals surface area (Å²) in [6.07, 6.45) is 1.85. The molecule has 3 nitrogen and oxygen atoms in total. The lowest BCUT2D eigenvalue weighted by Crippen LogP contribution is -2.22. The lowest BCUT2D eigenvalue weighted by Gasteiger charge is -2.20. The third-order valence-electron chi connectivity index (χ3n) is 2.89. The molecule has 18 heavy (non-hydrogen) atoms. The summed E-state index contributed by atoms with van der Waals surface area (Å²) in [4.78, 5) is 6.62. The van der Waals surface area contributed by atoms with Crippen LogP contribution < -0.4 is 4.90 Å². The zero-order valence-corrected chi connectivity index (χ0v) is 12.3. The summed E-state index contributed by atoms with van der Waals surface area (Å²) in [7, 11) is 2.08. The highest BCUT2D eigenvalue weighted by Crippen LogP contribution is 2.28. The third kappa shape index (κ3) is 2.82. The molecule has 0 unspecified atom stereocenters. The van der Waals surface area contributed by atoms with Crippen molar-refractivity contribution in [1.29, 1.82) is 0 Å². The highest BCUT2D eigenvalue weighted by Gasteiger charge is 2.08. The van der Waals surface area contributed by atoms with Gasteiger partial charge in [0.05, 0.1) is 12.1 Å². The Hall–Kier alpha value is -1.13. The number of likely N-dealkylation sites (N-methyl/N-ethyl adjacent to an activating group) is 1. The SMILES string of the molecule is CCOCCN(C)c1ccnc2c(Br)cccc12. The first-order valence-corrected chi connectivity index (χ1v) is 6.85. The second-order valence-corrected chi connectivity index (χ2v) is 4.94. The molecule has 2 rings (SSSR count). The van der Waals surface area contributed by atoms with Gasteiger partial charge in [-0.2, -0.15) is 0 Å². The van der Waals surface area contributed by atoms with E-state index in [1.165, 1.54) is 5.69 Å². The molecule has 96 valence electrons. The quantitative estimate of drug-likeness (QED) is 0.791. The number of pyridine rings is 1. The molecule has 0 fully saturated rings. The molecule has 0 aliphatic rings. The predicted molar refractivity (Wildman–Crippen MR) is 79.2 cm³/mol. The zero-order chi connectivity index (χ0) is 13.0. The Morgan fingerprint density at radius 3 is 2.94 bits per heavy atom. The van der Waals surface area contributed by atoms with Gasteiger partial charge in [-0.05, 0) is 35.0 Å². The molecule has 0 radical (unpaired) electrons. The minimum absolute atomic E-state index is 0.741. The second-order valence-electron chi connectivity index (χ2n) is 4.08. The molecule has 1 aromatic carbocycles. The van der Waals surface area contributed by atoms with Crippen molar-refractivity contribution in [2.45, 2.75) is 6.92 Å². The van der Waals surface area contributed by atoms with Crippen molar-refractivity contribution in [3.63, 3.8) is 0 Å². The van der Waals surface area contributed by atoms with Gasteiger partial charge >= 0.3 is 0 Å². The van der Waals surface area contributed by atoms with Crippen LogP contribution in [0.2, 0.25) is 0 Å². The van der Waals surface area contributed by atoms with Gasteiger partial charge in [0.25, 0.3) is 0 Å². The Labute approximate surface area is 116 Å². The van der Waals surface area contributed by atoms with Crippen molar-refractivity contribution < 1.29 is 4.74 Å². The maximum absolute atomic E-state index is 5.39. The standard InChI is InChI=1S/C14H17BrN2O/c1-3-18-10-9-17(2)13-7-8-16-14-11(13)5-4-6-12(14)15/h4-8H,3,9-10H2,1-2H3. The van der Waals surface area contributed by atoms with Crippen LogP contribution in [0.1, 0.15) is 6.92 Å². The fourth-order valence-electron chi connectivity index (χ4n) is 1.92. The zero-order valence-electron chi connectivity index (χ0n) is 10.7. The van der Waals surface area contributed by atoms with Gasteiger partial charge in [-0.1, -0.05) is 12.1 Å². The minimum Gasteiger partial charge on any atom is -0.380 e. The van der Waals surface area contributed by atoms with Crippen LogP contribution in [0.15, 0.2) is 34.9 Å². The molecule has 0 aliphatic heterocycles. The van der Waals surface area contributed by atoms with Crippen LogP contribution in [0.4, 0.5) is 5.69 Å². The fraction of sp³-hybridized carbons (Fsp3) is 0.357. The smallest absolute Gasteiger partial charge is 0.0864 e. The van der Waals surface area contributed by atoms with E-state index >= 15 is 0 Å². The minimum atomic E-state index is 0.741. The number of benzene rings is 1. The van der Waals surface area contributed by atoms with Crippen LogP contribution >= 0.6 is 15.9 Å². The molecule has 0 N–H and O–H groups in total. The Bertz CT molecular complexity index is 530. The van der Waals surface area contributed by atoms with Gasteiger partial charge in [0.1, 0.15) is 0 Å². The molecule has 1 heterocycles. The van der Waals surface area contributed by atoms with Crippen LogP contribution in [0.3, 0.4) is 0 Å². The number of para-hydroxylation sites is 1.